The molecule has 2 rings (SSSR count). The molecule has 1 aromatic rings. The molecule has 6 heteroatoms. The first kappa shape index (κ1) is 12.7. The van der Waals surface area contributed by atoms with Gasteiger partial charge in [0.05, 0.1) is 0 Å². The van der Waals surface area contributed by atoms with Crippen molar-refractivity contribution < 1.29 is 13.2 Å². The number of alkyl halides is 3. The van der Waals surface area contributed by atoms with E-state index in [1.165, 1.54) is 6.20 Å². The van der Waals surface area contributed by atoms with Crippen LogP contribution in [0.3, 0.4) is 0 Å². The lowest BCUT2D eigenvalue weighted by atomic mass is 9.76. The van der Waals surface area contributed by atoms with E-state index in [0.29, 0.717) is 6.42 Å². The highest BCUT2D eigenvalue weighted by Gasteiger charge is 2.58. The second kappa shape index (κ2) is 4.15. The van der Waals surface area contributed by atoms with Gasteiger partial charge in [0.1, 0.15) is 11.4 Å². The van der Waals surface area contributed by atoms with E-state index >= 15 is 0 Å². The van der Waals surface area contributed by atoms with Gasteiger partial charge in [-0.15, -0.1) is 0 Å². The van der Waals surface area contributed by atoms with Crippen LogP contribution in [0.15, 0.2) is 16.7 Å². The normalized spacial score (nSPS) is 18.6. The van der Waals surface area contributed by atoms with Crippen LogP contribution in [-0.2, 0) is 0 Å². The fourth-order valence-electron chi connectivity index (χ4n) is 1.86. The second-order valence-corrected chi connectivity index (χ2v) is 5.23. The SMILES string of the molecule is Cc1cc(NC2(C(F)(F)F)CCC2)ncc1Br. The molecule has 0 unspecified atom stereocenters. The highest BCUT2D eigenvalue weighted by Crippen LogP contribution is 2.47. The van der Waals surface area contributed by atoms with Gasteiger partial charge in [-0.2, -0.15) is 13.2 Å². The molecule has 17 heavy (non-hydrogen) atoms. The van der Waals surface area contributed by atoms with Gasteiger partial charge in [-0.25, -0.2) is 4.98 Å². The smallest absolute Gasteiger partial charge is 0.356 e. The molecule has 0 spiro atoms. The molecule has 2 nitrogen and oxygen atoms in total. The predicted molar refractivity (Wildman–Crippen MR) is 62.9 cm³/mol. The zero-order valence-corrected chi connectivity index (χ0v) is 10.8. The predicted octanol–water partition coefficient (Wildman–Crippen LogP) is 4.05. The lowest BCUT2D eigenvalue weighted by molar-refractivity contribution is -0.198. The van der Waals surface area contributed by atoms with Crippen molar-refractivity contribution in [2.45, 2.75) is 37.9 Å². The molecule has 94 valence electrons. The molecule has 0 aliphatic heterocycles. The Labute approximate surface area is 106 Å². The molecule has 1 N–H and O–H groups in total. The van der Waals surface area contributed by atoms with Crippen LogP contribution in [0.4, 0.5) is 19.0 Å². The molecule has 0 aromatic carbocycles. The van der Waals surface area contributed by atoms with Crippen molar-refractivity contribution in [1.29, 1.82) is 0 Å². The molecule has 1 fully saturated rings. The first-order chi connectivity index (χ1) is 7.84. The summed E-state index contributed by atoms with van der Waals surface area (Å²) in [6.07, 6.45) is -1.88. The Bertz CT molecular complexity index is 427. The van der Waals surface area contributed by atoms with Crippen molar-refractivity contribution in [2.75, 3.05) is 5.32 Å². The molecule has 1 aliphatic carbocycles. The number of aromatic nitrogens is 1. The maximum Gasteiger partial charge on any atom is 0.411 e. The summed E-state index contributed by atoms with van der Waals surface area (Å²) in [4.78, 5) is 3.96. The first-order valence-electron chi connectivity index (χ1n) is 5.31. The molecule has 0 atom stereocenters. The fraction of sp³-hybridized carbons (Fsp3) is 0.545. The summed E-state index contributed by atoms with van der Waals surface area (Å²) < 4.78 is 39.6. The lowest BCUT2D eigenvalue weighted by Gasteiger charge is -2.44. The molecular weight excluding hydrogens is 297 g/mol. The van der Waals surface area contributed by atoms with Gasteiger partial charge < -0.3 is 5.32 Å². The van der Waals surface area contributed by atoms with Crippen molar-refractivity contribution >= 4 is 21.7 Å². The molecule has 1 saturated carbocycles. The third-order valence-electron chi connectivity index (χ3n) is 3.16. The standard InChI is InChI=1S/C11H12BrF3N2/c1-7-5-9(16-6-8(7)12)17-10(3-2-4-10)11(13,14)15/h5-6H,2-4H2,1H3,(H,16,17). The molecule has 0 amide bonds. The van der Waals surface area contributed by atoms with Gasteiger partial charge in [-0.05, 0) is 53.7 Å². The number of hydrogen-bond donors (Lipinski definition) is 1. The van der Waals surface area contributed by atoms with Gasteiger partial charge in [-0.1, -0.05) is 0 Å². The molecule has 0 bridgehead atoms. The Kier molecular flexibility index (Phi) is 3.10. The van der Waals surface area contributed by atoms with Crippen LogP contribution in [0.5, 0.6) is 0 Å². The summed E-state index contributed by atoms with van der Waals surface area (Å²) in [5.41, 5.74) is -0.917. The summed E-state index contributed by atoms with van der Waals surface area (Å²) in [7, 11) is 0. The van der Waals surface area contributed by atoms with Crippen molar-refractivity contribution in [3.05, 3.63) is 22.3 Å². The van der Waals surface area contributed by atoms with Gasteiger partial charge in [0.25, 0.3) is 0 Å². The van der Waals surface area contributed by atoms with Crippen molar-refractivity contribution in [1.82, 2.24) is 4.98 Å². The maximum absolute atomic E-state index is 12.9. The zero-order valence-electron chi connectivity index (χ0n) is 9.24. The van der Waals surface area contributed by atoms with E-state index in [0.717, 1.165) is 10.0 Å². The molecule has 0 radical (unpaired) electrons. The van der Waals surface area contributed by atoms with Gasteiger partial charge in [0.15, 0.2) is 0 Å². The molecule has 0 saturated heterocycles. The summed E-state index contributed by atoms with van der Waals surface area (Å²) >= 11 is 3.27. The van der Waals surface area contributed by atoms with Crippen LogP contribution in [0, 0.1) is 6.92 Å². The molecular formula is C11H12BrF3N2. The number of rotatable bonds is 2. The van der Waals surface area contributed by atoms with Crippen LogP contribution < -0.4 is 5.32 Å². The number of halogens is 4. The minimum Gasteiger partial charge on any atom is -0.356 e. The number of anilines is 1. The highest BCUT2D eigenvalue weighted by molar-refractivity contribution is 9.10. The highest BCUT2D eigenvalue weighted by atomic mass is 79.9. The minimum atomic E-state index is -4.23. The first-order valence-corrected chi connectivity index (χ1v) is 6.10. The lowest BCUT2D eigenvalue weighted by Crippen LogP contribution is -2.57. The van der Waals surface area contributed by atoms with Crippen LogP contribution >= 0.6 is 15.9 Å². The van der Waals surface area contributed by atoms with Crippen molar-refractivity contribution in [2.24, 2.45) is 0 Å². The van der Waals surface area contributed by atoms with Crippen molar-refractivity contribution in [3.8, 4) is 0 Å². The van der Waals surface area contributed by atoms with Crippen LogP contribution in [-0.4, -0.2) is 16.7 Å². The maximum atomic E-state index is 12.9. The Balaban J connectivity index is 2.22. The van der Waals surface area contributed by atoms with E-state index in [-0.39, 0.29) is 18.7 Å². The number of aryl methyl sites for hydroxylation is 1. The fourth-order valence-corrected chi connectivity index (χ4v) is 2.08. The Morgan fingerprint density at radius 2 is 2.06 bits per heavy atom. The number of hydrogen-bond acceptors (Lipinski definition) is 2. The van der Waals surface area contributed by atoms with Gasteiger partial charge >= 0.3 is 6.18 Å². The van der Waals surface area contributed by atoms with Crippen LogP contribution in [0.25, 0.3) is 0 Å². The zero-order chi connectivity index (χ0) is 12.7. The quantitative estimate of drug-likeness (QED) is 0.891. The van der Waals surface area contributed by atoms with Gasteiger partial charge in [-0.3, -0.25) is 0 Å². The number of nitrogens with one attached hydrogen (secondary N) is 1. The van der Waals surface area contributed by atoms with Gasteiger partial charge in [0.2, 0.25) is 0 Å². The summed E-state index contributed by atoms with van der Waals surface area (Å²) in [5, 5.41) is 2.54. The monoisotopic (exact) mass is 308 g/mol. The second-order valence-electron chi connectivity index (χ2n) is 4.38. The third kappa shape index (κ3) is 2.27. The average Bonchev–Trinajstić information content (AvgIpc) is 2.15. The van der Waals surface area contributed by atoms with E-state index in [2.05, 4.69) is 26.2 Å². The molecule has 1 heterocycles. The minimum absolute atomic E-state index is 0.118. The number of pyridine rings is 1. The Morgan fingerprint density at radius 1 is 1.41 bits per heavy atom. The average molecular weight is 309 g/mol. The Hall–Kier alpha value is -0.780. The molecule has 1 aliphatic rings. The van der Waals surface area contributed by atoms with E-state index in [4.69, 9.17) is 0 Å². The van der Waals surface area contributed by atoms with Gasteiger partial charge in [0, 0.05) is 10.7 Å². The number of nitrogens with zero attached hydrogens (tertiary/aromatic N) is 1. The van der Waals surface area contributed by atoms with E-state index in [1.807, 2.05) is 6.92 Å². The van der Waals surface area contributed by atoms with E-state index < -0.39 is 11.7 Å². The van der Waals surface area contributed by atoms with Crippen LogP contribution in [0.1, 0.15) is 24.8 Å². The summed E-state index contributed by atoms with van der Waals surface area (Å²) in [6, 6.07) is 1.62. The Morgan fingerprint density at radius 3 is 2.47 bits per heavy atom. The third-order valence-corrected chi connectivity index (χ3v) is 3.99. The van der Waals surface area contributed by atoms with Crippen molar-refractivity contribution in [3.63, 3.8) is 0 Å². The molecule has 1 aromatic heterocycles. The summed E-state index contributed by atoms with van der Waals surface area (Å²) in [5.74, 6) is 0.280. The summed E-state index contributed by atoms with van der Waals surface area (Å²) in [6.45, 7) is 1.82. The van der Waals surface area contributed by atoms with E-state index in [1.54, 1.807) is 6.07 Å². The topological polar surface area (TPSA) is 24.9 Å². The largest absolute Gasteiger partial charge is 0.411 e. The van der Waals surface area contributed by atoms with Crippen LogP contribution in [0.2, 0.25) is 0 Å². The van der Waals surface area contributed by atoms with E-state index in [9.17, 15) is 13.2 Å².